The van der Waals surface area contributed by atoms with Crippen molar-refractivity contribution in [2.45, 2.75) is 12.6 Å². The number of rotatable bonds is 6. The minimum atomic E-state index is -0.341. The van der Waals surface area contributed by atoms with Crippen molar-refractivity contribution in [1.29, 1.82) is 0 Å². The Hall–Kier alpha value is -4.02. The molecule has 1 fully saturated rings. The van der Waals surface area contributed by atoms with Crippen LogP contribution in [0.15, 0.2) is 55.0 Å². The number of benzene rings is 1. The SMILES string of the molecule is CN(C)CC1CN(c2ccc(Nc3ccc(-c4cnc5cc(F)ccn45)c4c3C(=O)NC4)nc2)CCO1. The first-order valence-electron chi connectivity index (χ1n) is 12.3. The summed E-state index contributed by atoms with van der Waals surface area (Å²) in [7, 11) is 4.10. The first-order chi connectivity index (χ1) is 18.0. The number of carbonyl (C=O) groups is 1. The standard InChI is InChI=1S/C27H28FN7O2/c1-33(2)15-19-16-34(9-10-37-19)18-3-6-24(29-12-18)32-22-5-4-20(21-13-31-27(36)26(21)22)23-14-30-25-11-17(28)7-8-35(23)25/h3-8,11-12,14,19H,9-10,13,15-16H2,1-2H3,(H,29,32)(H,31,36). The maximum atomic E-state index is 13.6. The second-order valence-electron chi connectivity index (χ2n) is 9.64. The highest BCUT2D eigenvalue weighted by Crippen LogP contribution is 2.35. The highest BCUT2D eigenvalue weighted by atomic mass is 19.1. The van der Waals surface area contributed by atoms with E-state index in [1.165, 1.54) is 12.1 Å². The molecule has 0 aliphatic carbocycles. The van der Waals surface area contributed by atoms with Crippen molar-refractivity contribution in [3.63, 3.8) is 0 Å². The molecule has 9 nitrogen and oxygen atoms in total. The van der Waals surface area contributed by atoms with Crippen LogP contribution in [0.2, 0.25) is 0 Å². The molecule has 10 heteroatoms. The summed E-state index contributed by atoms with van der Waals surface area (Å²) in [5.41, 5.74) is 5.38. The first kappa shape index (κ1) is 23.4. The molecule has 3 aromatic heterocycles. The third kappa shape index (κ3) is 4.49. The van der Waals surface area contributed by atoms with Gasteiger partial charge < -0.3 is 25.2 Å². The third-order valence-corrected chi connectivity index (χ3v) is 6.80. The van der Waals surface area contributed by atoms with Crippen LogP contribution in [0.5, 0.6) is 0 Å². The highest BCUT2D eigenvalue weighted by molar-refractivity contribution is 6.06. The topological polar surface area (TPSA) is 87.0 Å². The van der Waals surface area contributed by atoms with Crippen molar-refractivity contribution in [2.24, 2.45) is 0 Å². The molecule has 0 bridgehead atoms. The maximum Gasteiger partial charge on any atom is 0.254 e. The van der Waals surface area contributed by atoms with E-state index in [0.29, 0.717) is 35.9 Å². The molecule has 0 saturated carbocycles. The minimum absolute atomic E-state index is 0.143. The molecule has 1 amide bonds. The van der Waals surface area contributed by atoms with Gasteiger partial charge in [0.2, 0.25) is 0 Å². The molecular formula is C27H28FN7O2. The zero-order valence-corrected chi connectivity index (χ0v) is 20.7. The van der Waals surface area contributed by atoms with Gasteiger partial charge in [0.05, 0.1) is 47.7 Å². The Morgan fingerprint density at radius 1 is 1.19 bits per heavy atom. The fourth-order valence-corrected chi connectivity index (χ4v) is 5.10. The van der Waals surface area contributed by atoms with E-state index < -0.39 is 0 Å². The van der Waals surface area contributed by atoms with Gasteiger partial charge in [-0.05, 0) is 43.9 Å². The fourth-order valence-electron chi connectivity index (χ4n) is 5.10. The summed E-state index contributed by atoms with van der Waals surface area (Å²) in [6.45, 7) is 3.61. The number of ether oxygens (including phenoxy) is 1. The Kier molecular flexibility index (Phi) is 5.97. The van der Waals surface area contributed by atoms with Crippen molar-refractivity contribution in [3.05, 3.63) is 71.9 Å². The number of aromatic nitrogens is 3. The molecule has 1 atom stereocenters. The van der Waals surface area contributed by atoms with Crippen molar-refractivity contribution in [1.82, 2.24) is 24.6 Å². The summed E-state index contributed by atoms with van der Waals surface area (Å²) in [6.07, 6.45) is 5.37. The van der Waals surface area contributed by atoms with E-state index in [2.05, 4.69) is 30.4 Å². The van der Waals surface area contributed by atoms with E-state index >= 15 is 0 Å². The van der Waals surface area contributed by atoms with Gasteiger partial charge in [0, 0.05) is 44.0 Å². The van der Waals surface area contributed by atoms with Gasteiger partial charge in [-0.15, -0.1) is 0 Å². The Bertz CT molecular complexity index is 1470. The van der Waals surface area contributed by atoms with Crippen LogP contribution in [0.3, 0.4) is 0 Å². The van der Waals surface area contributed by atoms with E-state index in [4.69, 9.17) is 4.74 Å². The van der Waals surface area contributed by atoms with Gasteiger partial charge in [-0.1, -0.05) is 6.07 Å². The molecule has 2 aliphatic rings. The van der Waals surface area contributed by atoms with Gasteiger partial charge >= 0.3 is 0 Å². The predicted octanol–water partition coefficient (Wildman–Crippen LogP) is 3.29. The second-order valence-corrected chi connectivity index (χ2v) is 9.64. The number of anilines is 3. The Balaban J connectivity index is 1.25. The van der Waals surface area contributed by atoms with Gasteiger partial charge in [0.25, 0.3) is 5.91 Å². The molecule has 4 aromatic rings. The minimum Gasteiger partial charge on any atom is -0.373 e. The summed E-state index contributed by atoms with van der Waals surface area (Å²) < 4.78 is 21.3. The van der Waals surface area contributed by atoms with Gasteiger partial charge in [0.15, 0.2) is 0 Å². The summed E-state index contributed by atoms with van der Waals surface area (Å²) in [5, 5.41) is 6.25. The van der Waals surface area contributed by atoms with Gasteiger partial charge in [0.1, 0.15) is 17.3 Å². The number of hydrogen-bond donors (Lipinski definition) is 2. The molecule has 0 spiro atoms. The van der Waals surface area contributed by atoms with Crippen molar-refractivity contribution < 1.29 is 13.9 Å². The van der Waals surface area contributed by atoms with Crippen LogP contribution in [0.25, 0.3) is 16.9 Å². The molecule has 1 aromatic carbocycles. The molecular weight excluding hydrogens is 473 g/mol. The number of amides is 1. The molecule has 1 saturated heterocycles. The van der Waals surface area contributed by atoms with Gasteiger partial charge in [-0.2, -0.15) is 0 Å². The monoisotopic (exact) mass is 501 g/mol. The number of fused-ring (bicyclic) bond motifs is 2. The average molecular weight is 502 g/mol. The quantitative estimate of drug-likeness (QED) is 0.419. The number of morpholine rings is 1. The molecule has 5 heterocycles. The maximum absolute atomic E-state index is 13.6. The second kappa shape index (κ2) is 9.45. The van der Waals surface area contributed by atoms with E-state index in [1.807, 2.05) is 49.0 Å². The normalized spacial score (nSPS) is 17.4. The zero-order valence-electron chi connectivity index (χ0n) is 20.7. The van der Waals surface area contributed by atoms with Gasteiger partial charge in [-0.25, -0.2) is 14.4 Å². The largest absolute Gasteiger partial charge is 0.373 e. The Labute approximate surface area is 213 Å². The smallest absolute Gasteiger partial charge is 0.254 e. The molecule has 0 radical (unpaired) electrons. The number of likely N-dealkylation sites (N-methyl/N-ethyl adjacent to an activating group) is 1. The Morgan fingerprint density at radius 2 is 2.08 bits per heavy atom. The van der Waals surface area contributed by atoms with E-state index in [0.717, 1.165) is 42.1 Å². The summed E-state index contributed by atoms with van der Waals surface area (Å²) in [4.78, 5) is 26.2. The number of nitrogens with zero attached hydrogens (tertiary/aromatic N) is 5. The van der Waals surface area contributed by atoms with Crippen molar-refractivity contribution >= 4 is 28.7 Å². The predicted molar refractivity (Wildman–Crippen MR) is 140 cm³/mol. The fraction of sp³-hybridized carbons (Fsp3) is 0.296. The highest BCUT2D eigenvalue weighted by Gasteiger charge is 2.27. The third-order valence-electron chi connectivity index (χ3n) is 6.80. The number of pyridine rings is 2. The lowest BCUT2D eigenvalue weighted by Gasteiger charge is -2.35. The van der Waals surface area contributed by atoms with Gasteiger partial charge in [-0.3, -0.25) is 9.20 Å². The lowest BCUT2D eigenvalue weighted by molar-refractivity contribution is 0.0247. The van der Waals surface area contributed by atoms with E-state index in [1.54, 1.807) is 12.4 Å². The number of carbonyl (C=O) groups excluding carboxylic acids is 1. The summed E-state index contributed by atoms with van der Waals surface area (Å²) >= 11 is 0. The molecule has 6 rings (SSSR count). The zero-order chi connectivity index (χ0) is 25.5. The number of nitrogens with one attached hydrogen (secondary N) is 2. The van der Waals surface area contributed by atoms with E-state index in [-0.39, 0.29) is 17.8 Å². The van der Waals surface area contributed by atoms with E-state index in [9.17, 15) is 9.18 Å². The lowest BCUT2D eigenvalue weighted by Crippen LogP contribution is -2.46. The number of halogens is 1. The van der Waals surface area contributed by atoms with Crippen LogP contribution in [0.4, 0.5) is 21.6 Å². The Morgan fingerprint density at radius 3 is 2.89 bits per heavy atom. The van der Waals surface area contributed by atoms with Crippen LogP contribution < -0.4 is 15.5 Å². The molecule has 2 N–H and O–H groups in total. The first-order valence-corrected chi connectivity index (χ1v) is 12.3. The molecule has 2 aliphatic heterocycles. The summed E-state index contributed by atoms with van der Waals surface area (Å²) in [5.74, 6) is 0.171. The lowest BCUT2D eigenvalue weighted by atomic mass is 9.99. The molecule has 37 heavy (non-hydrogen) atoms. The van der Waals surface area contributed by atoms with Crippen LogP contribution in [0.1, 0.15) is 15.9 Å². The number of imidazole rings is 1. The van der Waals surface area contributed by atoms with Crippen LogP contribution in [-0.4, -0.2) is 71.6 Å². The molecule has 1 unspecified atom stereocenters. The van der Waals surface area contributed by atoms with Crippen molar-refractivity contribution in [3.8, 4) is 11.3 Å². The summed E-state index contributed by atoms with van der Waals surface area (Å²) in [6, 6.07) is 10.6. The van der Waals surface area contributed by atoms with Crippen molar-refractivity contribution in [2.75, 3.05) is 50.6 Å². The van der Waals surface area contributed by atoms with Crippen LogP contribution >= 0.6 is 0 Å². The van der Waals surface area contributed by atoms with Crippen LogP contribution in [0, 0.1) is 5.82 Å². The molecule has 190 valence electrons. The van der Waals surface area contributed by atoms with Crippen LogP contribution in [-0.2, 0) is 11.3 Å². The average Bonchev–Trinajstić information content (AvgIpc) is 3.48. The number of hydrogen-bond acceptors (Lipinski definition) is 7.